The predicted molar refractivity (Wildman–Crippen MR) is 134 cm³/mol. The summed E-state index contributed by atoms with van der Waals surface area (Å²) in [7, 11) is -3.46. The van der Waals surface area contributed by atoms with Crippen molar-refractivity contribution >= 4 is 15.9 Å². The molecular formula is C26H34N4O3S. The van der Waals surface area contributed by atoms with E-state index in [9.17, 15) is 13.2 Å². The van der Waals surface area contributed by atoms with Crippen LogP contribution < -0.4 is 5.32 Å². The van der Waals surface area contributed by atoms with Crippen LogP contribution in [0.2, 0.25) is 0 Å². The number of nitrogens with zero attached hydrogens (tertiary/aromatic N) is 3. The average molecular weight is 483 g/mol. The standard InChI is InChI=1S/C26H34N4O3S/c1-5-29(6-2)34(32,33)25-13-10-22(11-14-25)12-15-26(31)27-18-23-8-7-9-24(17-23)19-30-21(4)16-20(3)28-30/h7-11,13-14,16-17H,5-6,12,15,18-19H2,1-4H3,(H,27,31). The summed E-state index contributed by atoms with van der Waals surface area (Å²) in [4.78, 5) is 12.7. The first-order valence-electron chi connectivity index (χ1n) is 11.7. The Hall–Kier alpha value is -2.97. The Morgan fingerprint density at radius 3 is 2.26 bits per heavy atom. The fourth-order valence-electron chi connectivity index (χ4n) is 3.93. The molecule has 1 N–H and O–H groups in total. The maximum absolute atomic E-state index is 12.6. The zero-order chi connectivity index (χ0) is 24.7. The normalized spacial score (nSPS) is 11.7. The lowest BCUT2D eigenvalue weighted by Gasteiger charge is -2.18. The van der Waals surface area contributed by atoms with Crippen LogP contribution in [-0.2, 0) is 34.3 Å². The van der Waals surface area contributed by atoms with E-state index in [2.05, 4.69) is 28.6 Å². The minimum absolute atomic E-state index is 0.0382. The van der Waals surface area contributed by atoms with Gasteiger partial charge in [0.05, 0.1) is 17.1 Å². The number of nitrogens with one attached hydrogen (secondary N) is 1. The molecule has 2 aromatic carbocycles. The van der Waals surface area contributed by atoms with Crippen LogP contribution in [0.4, 0.5) is 0 Å². The van der Waals surface area contributed by atoms with Crippen LogP contribution in [0, 0.1) is 13.8 Å². The summed E-state index contributed by atoms with van der Waals surface area (Å²) < 4.78 is 28.6. The van der Waals surface area contributed by atoms with Crippen molar-refractivity contribution in [2.45, 2.75) is 58.5 Å². The van der Waals surface area contributed by atoms with Crippen LogP contribution in [0.5, 0.6) is 0 Å². The van der Waals surface area contributed by atoms with Gasteiger partial charge >= 0.3 is 0 Å². The number of aromatic nitrogens is 2. The fourth-order valence-corrected chi connectivity index (χ4v) is 5.39. The molecule has 3 aromatic rings. The Morgan fingerprint density at radius 1 is 0.971 bits per heavy atom. The van der Waals surface area contributed by atoms with Crippen LogP contribution in [0.15, 0.2) is 59.5 Å². The highest BCUT2D eigenvalue weighted by Crippen LogP contribution is 2.17. The van der Waals surface area contributed by atoms with Gasteiger partial charge in [-0.15, -0.1) is 0 Å². The number of benzene rings is 2. The maximum atomic E-state index is 12.6. The Labute approximate surface area is 202 Å². The summed E-state index contributed by atoms with van der Waals surface area (Å²) in [6.07, 6.45) is 0.892. The molecule has 1 heterocycles. The lowest BCUT2D eigenvalue weighted by Crippen LogP contribution is -2.30. The number of hydrogen-bond acceptors (Lipinski definition) is 4. The van der Waals surface area contributed by atoms with Gasteiger partial charge < -0.3 is 5.32 Å². The van der Waals surface area contributed by atoms with Crippen molar-refractivity contribution in [2.24, 2.45) is 0 Å². The van der Waals surface area contributed by atoms with Gasteiger partial charge in [0.25, 0.3) is 0 Å². The van der Waals surface area contributed by atoms with Crippen LogP contribution in [-0.4, -0.2) is 41.5 Å². The van der Waals surface area contributed by atoms with E-state index in [4.69, 9.17) is 0 Å². The number of amides is 1. The molecule has 1 aromatic heterocycles. The van der Waals surface area contributed by atoms with E-state index in [0.717, 1.165) is 28.1 Å². The fraction of sp³-hybridized carbons (Fsp3) is 0.385. The van der Waals surface area contributed by atoms with Crippen LogP contribution >= 0.6 is 0 Å². The molecule has 0 radical (unpaired) electrons. The Balaban J connectivity index is 1.51. The smallest absolute Gasteiger partial charge is 0.243 e. The molecule has 0 bridgehead atoms. The largest absolute Gasteiger partial charge is 0.352 e. The minimum atomic E-state index is -3.46. The van der Waals surface area contributed by atoms with Crippen molar-refractivity contribution in [1.82, 2.24) is 19.4 Å². The molecule has 0 aliphatic rings. The van der Waals surface area contributed by atoms with Crippen molar-refractivity contribution in [3.63, 3.8) is 0 Å². The van der Waals surface area contributed by atoms with Crippen molar-refractivity contribution in [3.8, 4) is 0 Å². The van der Waals surface area contributed by atoms with Crippen molar-refractivity contribution < 1.29 is 13.2 Å². The molecule has 0 spiro atoms. The molecule has 182 valence electrons. The molecule has 7 nitrogen and oxygen atoms in total. The van der Waals surface area contributed by atoms with E-state index >= 15 is 0 Å². The average Bonchev–Trinajstić information content (AvgIpc) is 3.13. The van der Waals surface area contributed by atoms with Gasteiger partial charge in [0.1, 0.15) is 0 Å². The second kappa shape index (κ2) is 11.4. The topological polar surface area (TPSA) is 84.3 Å². The van der Waals surface area contributed by atoms with Crippen LogP contribution in [0.25, 0.3) is 0 Å². The quantitative estimate of drug-likeness (QED) is 0.450. The second-order valence-corrected chi connectivity index (χ2v) is 10.4. The molecule has 1 amide bonds. The highest BCUT2D eigenvalue weighted by atomic mass is 32.2. The summed E-state index contributed by atoms with van der Waals surface area (Å²) in [5, 5.41) is 7.49. The number of carbonyl (C=O) groups is 1. The third-order valence-corrected chi connectivity index (χ3v) is 7.89. The van der Waals surface area contributed by atoms with Gasteiger partial charge in [0.15, 0.2) is 0 Å². The molecule has 0 unspecified atom stereocenters. The summed E-state index contributed by atoms with van der Waals surface area (Å²) in [6.45, 7) is 9.71. The molecule has 0 saturated heterocycles. The van der Waals surface area contributed by atoms with Crippen molar-refractivity contribution in [1.29, 1.82) is 0 Å². The van der Waals surface area contributed by atoms with Crippen molar-refractivity contribution in [3.05, 3.63) is 82.7 Å². The number of rotatable bonds is 11. The first-order chi connectivity index (χ1) is 16.2. The van der Waals surface area contributed by atoms with E-state index in [-0.39, 0.29) is 10.8 Å². The van der Waals surface area contributed by atoms with E-state index in [1.165, 1.54) is 4.31 Å². The number of sulfonamides is 1. The summed E-state index contributed by atoms with van der Waals surface area (Å²) >= 11 is 0. The molecular weight excluding hydrogens is 448 g/mol. The summed E-state index contributed by atoms with van der Waals surface area (Å²) in [6, 6.07) is 17.0. The summed E-state index contributed by atoms with van der Waals surface area (Å²) in [5.41, 5.74) is 5.23. The van der Waals surface area contributed by atoms with Gasteiger partial charge in [-0.2, -0.15) is 9.40 Å². The van der Waals surface area contributed by atoms with Crippen molar-refractivity contribution in [2.75, 3.05) is 13.1 Å². The highest BCUT2D eigenvalue weighted by molar-refractivity contribution is 7.89. The maximum Gasteiger partial charge on any atom is 0.243 e. The van der Waals surface area contributed by atoms with E-state index < -0.39 is 10.0 Å². The zero-order valence-electron chi connectivity index (χ0n) is 20.4. The highest BCUT2D eigenvalue weighted by Gasteiger charge is 2.21. The van der Waals surface area contributed by atoms with Crippen LogP contribution in [0.3, 0.4) is 0 Å². The molecule has 0 atom stereocenters. The second-order valence-electron chi connectivity index (χ2n) is 8.41. The van der Waals surface area contributed by atoms with Gasteiger partial charge in [-0.3, -0.25) is 9.48 Å². The van der Waals surface area contributed by atoms with Gasteiger partial charge in [-0.1, -0.05) is 50.2 Å². The van der Waals surface area contributed by atoms with Crippen LogP contribution in [0.1, 0.15) is 48.3 Å². The third kappa shape index (κ3) is 6.55. The van der Waals surface area contributed by atoms with Gasteiger partial charge in [0, 0.05) is 31.7 Å². The lowest BCUT2D eigenvalue weighted by molar-refractivity contribution is -0.121. The monoisotopic (exact) mass is 482 g/mol. The van der Waals surface area contributed by atoms with E-state index in [1.807, 2.05) is 44.5 Å². The molecule has 0 aliphatic carbocycles. The molecule has 0 aliphatic heterocycles. The van der Waals surface area contributed by atoms with Gasteiger partial charge in [-0.25, -0.2) is 8.42 Å². The van der Waals surface area contributed by atoms with Gasteiger partial charge in [-0.05, 0) is 55.2 Å². The first-order valence-corrected chi connectivity index (χ1v) is 13.1. The first kappa shape index (κ1) is 25.6. The number of aryl methyl sites for hydroxylation is 3. The molecule has 3 rings (SSSR count). The zero-order valence-corrected chi connectivity index (χ0v) is 21.2. The lowest BCUT2D eigenvalue weighted by atomic mass is 10.1. The molecule has 8 heteroatoms. The summed E-state index contributed by atoms with van der Waals surface area (Å²) in [5.74, 6) is -0.0382. The third-order valence-electron chi connectivity index (χ3n) is 5.82. The van der Waals surface area contributed by atoms with Gasteiger partial charge in [0.2, 0.25) is 15.9 Å². The SMILES string of the molecule is CCN(CC)S(=O)(=O)c1ccc(CCC(=O)NCc2cccc(Cn3nc(C)cc3C)c2)cc1. The Bertz CT molecular complexity index is 1210. The molecule has 34 heavy (non-hydrogen) atoms. The molecule has 0 fully saturated rings. The number of hydrogen-bond donors (Lipinski definition) is 1. The molecule has 0 saturated carbocycles. The minimum Gasteiger partial charge on any atom is -0.352 e. The Morgan fingerprint density at radius 2 is 1.65 bits per heavy atom. The predicted octanol–water partition coefficient (Wildman–Crippen LogP) is 3.83. The van der Waals surface area contributed by atoms with E-state index in [0.29, 0.717) is 39.0 Å². The van der Waals surface area contributed by atoms with E-state index in [1.54, 1.807) is 24.3 Å². The Kier molecular flexibility index (Phi) is 8.63. The number of carbonyl (C=O) groups excluding carboxylic acids is 1.